The first kappa shape index (κ1) is 25.2. The highest BCUT2D eigenvalue weighted by Gasteiger charge is 2.45. The van der Waals surface area contributed by atoms with Gasteiger partial charge >= 0.3 is 6.18 Å². The molecule has 0 amide bonds. The van der Waals surface area contributed by atoms with Gasteiger partial charge in [-0.1, -0.05) is 25.1 Å². The number of alkyl halides is 3. The second-order valence-electron chi connectivity index (χ2n) is 10.3. The number of halogens is 3. The molecule has 2 aromatic rings. The molecule has 1 heterocycles. The summed E-state index contributed by atoms with van der Waals surface area (Å²) in [5.74, 6) is -0.510. The highest BCUT2D eigenvalue weighted by molar-refractivity contribution is 6.00. The largest absolute Gasteiger partial charge is 0.435 e. The zero-order valence-corrected chi connectivity index (χ0v) is 20.2. The highest BCUT2D eigenvalue weighted by atomic mass is 19.4. The summed E-state index contributed by atoms with van der Waals surface area (Å²) in [5, 5.41) is 18.9. The van der Waals surface area contributed by atoms with E-state index in [9.17, 15) is 18.0 Å². The maximum atomic E-state index is 13.8. The minimum atomic E-state index is -4.71. The Balaban J connectivity index is 1.59. The van der Waals surface area contributed by atoms with Crippen molar-refractivity contribution in [2.45, 2.75) is 77.6 Å². The van der Waals surface area contributed by atoms with Gasteiger partial charge in [0.2, 0.25) is 0 Å². The predicted molar refractivity (Wildman–Crippen MR) is 126 cm³/mol. The lowest BCUT2D eigenvalue weighted by Gasteiger charge is -2.30. The van der Waals surface area contributed by atoms with Gasteiger partial charge in [0, 0.05) is 18.2 Å². The SMILES string of the molecule is Cc1ccc(-n2nc(C(F)(F)F)c3c2CC(C)(C)CC3=O)cc1NC1CCC(OC/C=N/O)CC1. The van der Waals surface area contributed by atoms with E-state index in [0.717, 1.165) is 36.9 Å². The molecule has 0 spiro atoms. The van der Waals surface area contributed by atoms with Crippen molar-refractivity contribution in [1.29, 1.82) is 0 Å². The van der Waals surface area contributed by atoms with E-state index in [4.69, 9.17) is 9.94 Å². The van der Waals surface area contributed by atoms with Gasteiger partial charge < -0.3 is 15.3 Å². The summed E-state index contributed by atoms with van der Waals surface area (Å²) in [7, 11) is 0. The summed E-state index contributed by atoms with van der Waals surface area (Å²) in [6.45, 7) is 5.99. The number of Topliss-reactive ketones (excluding diaryl/α,β-unsaturated/α-hetero) is 1. The number of fused-ring (bicyclic) bond motifs is 1. The monoisotopic (exact) mass is 492 g/mol. The maximum Gasteiger partial charge on any atom is 0.435 e. The number of hydrogen-bond acceptors (Lipinski definition) is 6. The van der Waals surface area contributed by atoms with Gasteiger partial charge in [-0.2, -0.15) is 18.3 Å². The number of nitrogens with zero attached hydrogens (tertiary/aromatic N) is 3. The normalized spacial score (nSPS) is 22.4. The van der Waals surface area contributed by atoms with Gasteiger partial charge in [-0.25, -0.2) is 4.68 Å². The Morgan fingerprint density at radius 3 is 2.63 bits per heavy atom. The van der Waals surface area contributed by atoms with E-state index >= 15 is 0 Å². The fraction of sp³-hybridized carbons (Fsp3) is 0.560. The summed E-state index contributed by atoms with van der Waals surface area (Å²) in [5.41, 5.74) is 0.774. The number of oxime groups is 1. The number of anilines is 1. The summed E-state index contributed by atoms with van der Waals surface area (Å²) < 4.78 is 48.3. The molecule has 10 heteroatoms. The first-order valence-corrected chi connectivity index (χ1v) is 11.9. The number of ether oxygens (including phenoxy) is 1. The molecular weight excluding hydrogens is 461 g/mol. The fourth-order valence-corrected chi connectivity index (χ4v) is 5.06. The van der Waals surface area contributed by atoms with E-state index in [-0.39, 0.29) is 30.7 Å². The van der Waals surface area contributed by atoms with Gasteiger partial charge in [-0.15, -0.1) is 0 Å². The Hall–Kier alpha value is -2.88. The molecule has 1 fully saturated rings. The van der Waals surface area contributed by atoms with Crippen LogP contribution in [0.25, 0.3) is 5.69 Å². The molecule has 35 heavy (non-hydrogen) atoms. The zero-order chi connectivity index (χ0) is 25.4. The Kier molecular flexibility index (Phi) is 6.95. The van der Waals surface area contributed by atoms with E-state index in [0.29, 0.717) is 17.8 Å². The number of nitrogens with one attached hydrogen (secondary N) is 1. The van der Waals surface area contributed by atoms with E-state index in [1.54, 1.807) is 6.07 Å². The van der Waals surface area contributed by atoms with Crippen molar-refractivity contribution in [2.24, 2.45) is 10.6 Å². The van der Waals surface area contributed by atoms with Gasteiger partial charge in [0.25, 0.3) is 0 Å². The number of hydrogen-bond donors (Lipinski definition) is 2. The van der Waals surface area contributed by atoms with Crippen LogP contribution in [-0.2, 0) is 17.3 Å². The average Bonchev–Trinajstić information content (AvgIpc) is 3.16. The van der Waals surface area contributed by atoms with Crippen LogP contribution in [0.1, 0.15) is 73.3 Å². The predicted octanol–water partition coefficient (Wildman–Crippen LogP) is 5.55. The van der Waals surface area contributed by atoms with Crippen LogP contribution in [0.15, 0.2) is 23.4 Å². The lowest BCUT2D eigenvalue weighted by atomic mass is 9.75. The maximum absolute atomic E-state index is 13.8. The molecule has 190 valence electrons. The van der Waals surface area contributed by atoms with E-state index in [1.165, 1.54) is 10.9 Å². The van der Waals surface area contributed by atoms with E-state index in [1.807, 2.05) is 32.9 Å². The molecule has 0 bridgehead atoms. The van der Waals surface area contributed by atoms with E-state index in [2.05, 4.69) is 15.6 Å². The van der Waals surface area contributed by atoms with Crippen LogP contribution in [0.5, 0.6) is 0 Å². The number of aryl methyl sites for hydroxylation is 1. The molecule has 0 saturated heterocycles. The van der Waals surface area contributed by atoms with Gasteiger partial charge in [0.1, 0.15) is 0 Å². The number of ketones is 1. The van der Waals surface area contributed by atoms with Gasteiger partial charge in [0.05, 0.1) is 35.9 Å². The molecule has 2 aliphatic carbocycles. The van der Waals surface area contributed by atoms with Crippen LogP contribution < -0.4 is 5.32 Å². The van der Waals surface area contributed by atoms with Crippen LogP contribution in [0.3, 0.4) is 0 Å². The Morgan fingerprint density at radius 2 is 1.97 bits per heavy atom. The van der Waals surface area contributed by atoms with Crippen molar-refractivity contribution in [3.8, 4) is 5.69 Å². The third-order valence-electron chi connectivity index (χ3n) is 6.80. The topological polar surface area (TPSA) is 88.7 Å². The highest BCUT2D eigenvalue weighted by Crippen LogP contribution is 2.42. The standard InChI is InChI=1S/C25H31F3N4O3/c1-15-4-7-17(12-19(15)30-16-5-8-18(9-6-16)35-11-10-29-34)32-20-13-24(2,3)14-21(33)22(20)23(31-32)25(26,27)28/h4,7,10,12,16,18,30,34H,5-6,8-9,11,13-14H2,1-3H3/b29-10+. The molecule has 2 aliphatic rings. The zero-order valence-electron chi connectivity index (χ0n) is 20.2. The molecule has 0 aliphatic heterocycles. The number of aromatic nitrogens is 2. The van der Waals surface area contributed by atoms with Crippen LogP contribution in [0.4, 0.5) is 18.9 Å². The lowest BCUT2D eigenvalue weighted by Crippen LogP contribution is -2.30. The number of benzene rings is 1. The summed E-state index contributed by atoms with van der Waals surface area (Å²) in [6, 6.07) is 5.62. The summed E-state index contributed by atoms with van der Waals surface area (Å²) in [6.07, 6.45) is 0.575. The Morgan fingerprint density at radius 1 is 1.26 bits per heavy atom. The van der Waals surface area contributed by atoms with Gasteiger partial charge in [0.15, 0.2) is 11.5 Å². The lowest BCUT2D eigenvalue weighted by molar-refractivity contribution is -0.141. The summed E-state index contributed by atoms with van der Waals surface area (Å²) in [4.78, 5) is 12.7. The molecule has 0 radical (unpaired) electrons. The first-order valence-electron chi connectivity index (χ1n) is 11.9. The minimum absolute atomic E-state index is 0.0642. The average molecular weight is 493 g/mol. The van der Waals surface area contributed by atoms with Crippen molar-refractivity contribution in [1.82, 2.24) is 9.78 Å². The Bertz CT molecular complexity index is 1120. The smallest absolute Gasteiger partial charge is 0.411 e. The second-order valence-corrected chi connectivity index (χ2v) is 10.3. The molecule has 4 rings (SSSR count). The number of rotatable bonds is 6. The van der Waals surface area contributed by atoms with Crippen molar-refractivity contribution < 1.29 is 27.9 Å². The Labute approximate surface area is 202 Å². The molecule has 7 nitrogen and oxygen atoms in total. The fourth-order valence-electron chi connectivity index (χ4n) is 5.06. The molecular formula is C25H31F3N4O3. The molecule has 0 unspecified atom stereocenters. The van der Waals surface area contributed by atoms with Crippen molar-refractivity contribution in [3.63, 3.8) is 0 Å². The third-order valence-corrected chi connectivity index (χ3v) is 6.80. The van der Waals surface area contributed by atoms with E-state index < -0.39 is 23.1 Å². The summed E-state index contributed by atoms with van der Waals surface area (Å²) >= 11 is 0. The molecule has 2 N–H and O–H groups in total. The van der Waals surface area contributed by atoms with Crippen LogP contribution >= 0.6 is 0 Å². The molecule has 1 aromatic heterocycles. The van der Waals surface area contributed by atoms with Gasteiger partial charge in [-0.05, 0) is 62.1 Å². The molecule has 0 atom stereocenters. The number of carbonyl (C=O) groups is 1. The van der Waals surface area contributed by atoms with Crippen molar-refractivity contribution in [3.05, 3.63) is 40.7 Å². The van der Waals surface area contributed by atoms with Crippen LogP contribution in [0, 0.1) is 12.3 Å². The van der Waals surface area contributed by atoms with Crippen molar-refractivity contribution >= 4 is 17.7 Å². The first-order chi connectivity index (χ1) is 16.5. The van der Waals surface area contributed by atoms with Crippen LogP contribution in [0.2, 0.25) is 0 Å². The molecule has 1 aromatic carbocycles. The van der Waals surface area contributed by atoms with Gasteiger partial charge in [-0.3, -0.25) is 4.79 Å². The third kappa shape index (κ3) is 5.52. The van der Waals surface area contributed by atoms with Crippen LogP contribution in [-0.4, -0.2) is 45.7 Å². The quantitative estimate of drug-likeness (QED) is 0.313. The van der Waals surface area contributed by atoms with Crippen molar-refractivity contribution in [2.75, 3.05) is 11.9 Å². The second kappa shape index (κ2) is 9.64. The minimum Gasteiger partial charge on any atom is -0.411 e. The molecule has 1 saturated carbocycles. The number of carbonyl (C=O) groups excluding carboxylic acids is 1.